The summed E-state index contributed by atoms with van der Waals surface area (Å²) in [6.07, 6.45) is 2.91. The minimum atomic E-state index is -0.372. The van der Waals surface area contributed by atoms with E-state index in [1.54, 1.807) is 23.5 Å². The number of nitro groups is 1. The van der Waals surface area contributed by atoms with Crippen molar-refractivity contribution in [3.05, 3.63) is 110 Å². The number of non-ortho nitro benzene ring substituents is 1. The van der Waals surface area contributed by atoms with Crippen LogP contribution in [0.25, 0.3) is 22.2 Å². The summed E-state index contributed by atoms with van der Waals surface area (Å²) in [4.78, 5) is 20.0. The normalized spacial score (nSPS) is 11.9. The van der Waals surface area contributed by atoms with Crippen molar-refractivity contribution >= 4 is 33.6 Å². The van der Waals surface area contributed by atoms with E-state index in [0.717, 1.165) is 45.8 Å². The van der Waals surface area contributed by atoms with Gasteiger partial charge in [0, 0.05) is 41.2 Å². The quantitative estimate of drug-likeness (QED) is 0.222. The Hall–Kier alpha value is -3.97. The third-order valence-corrected chi connectivity index (χ3v) is 6.88. The zero-order valence-electron chi connectivity index (χ0n) is 19.0. The standard InChI is InChI=1S/C27H24N4O2S/c1-18-7-12-24(19(2)15-18)29-27-30(14-13-21-16-28-25-6-4-3-5-23(21)25)26(17-34-27)20-8-10-22(11-9-20)31(32)33/h3-12,15-17,28H,13-14H2,1-2H3. The first-order valence-electron chi connectivity index (χ1n) is 11.1. The number of H-pyrrole nitrogens is 1. The third-order valence-electron chi connectivity index (χ3n) is 6.02. The number of aromatic amines is 1. The van der Waals surface area contributed by atoms with Crippen molar-refractivity contribution in [2.45, 2.75) is 26.8 Å². The predicted octanol–water partition coefficient (Wildman–Crippen LogP) is 6.70. The van der Waals surface area contributed by atoms with Crippen LogP contribution < -0.4 is 4.80 Å². The number of rotatable bonds is 6. The van der Waals surface area contributed by atoms with E-state index >= 15 is 0 Å². The lowest BCUT2D eigenvalue weighted by Gasteiger charge is -2.10. The fourth-order valence-electron chi connectivity index (χ4n) is 4.22. The van der Waals surface area contributed by atoms with Crippen molar-refractivity contribution in [1.82, 2.24) is 9.55 Å². The van der Waals surface area contributed by atoms with Crippen LogP contribution >= 0.6 is 11.3 Å². The fourth-order valence-corrected chi connectivity index (χ4v) is 5.17. The number of hydrogen-bond acceptors (Lipinski definition) is 4. The lowest BCUT2D eigenvalue weighted by molar-refractivity contribution is -0.384. The second kappa shape index (κ2) is 9.11. The molecule has 0 saturated heterocycles. The number of fused-ring (bicyclic) bond motifs is 1. The van der Waals surface area contributed by atoms with Crippen molar-refractivity contribution in [1.29, 1.82) is 0 Å². The summed E-state index contributed by atoms with van der Waals surface area (Å²) in [7, 11) is 0. The Labute approximate surface area is 201 Å². The number of nitrogens with one attached hydrogen (secondary N) is 1. The van der Waals surface area contributed by atoms with Gasteiger partial charge in [-0.15, -0.1) is 11.3 Å². The highest BCUT2D eigenvalue weighted by molar-refractivity contribution is 7.07. The van der Waals surface area contributed by atoms with Crippen molar-refractivity contribution in [2.75, 3.05) is 0 Å². The Balaban J connectivity index is 1.57. The number of thiazole rings is 1. The molecule has 0 saturated carbocycles. The van der Waals surface area contributed by atoms with E-state index < -0.39 is 0 Å². The van der Waals surface area contributed by atoms with Crippen LogP contribution in [0.1, 0.15) is 16.7 Å². The Morgan fingerprint density at radius 2 is 1.85 bits per heavy atom. The molecule has 0 spiro atoms. The summed E-state index contributed by atoms with van der Waals surface area (Å²) in [5, 5.41) is 14.4. The molecule has 5 rings (SSSR count). The van der Waals surface area contributed by atoms with Crippen molar-refractivity contribution < 1.29 is 4.92 Å². The average Bonchev–Trinajstić information content (AvgIpc) is 3.43. The van der Waals surface area contributed by atoms with Gasteiger partial charge in [0.25, 0.3) is 5.69 Å². The number of nitrogens with zero attached hydrogens (tertiary/aromatic N) is 3. The summed E-state index contributed by atoms with van der Waals surface area (Å²) in [5.74, 6) is 0. The molecule has 5 aromatic rings. The van der Waals surface area contributed by atoms with Gasteiger partial charge in [0.05, 0.1) is 16.3 Å². The average molecular weight is 469 g/mol. The highest BCUT2D eigenvalue weighted by Gasteiger charge is 2.12. The minimum Gasteiger partial charge on any atom is -0.361 e. The van der Waals surface area contributed by atoms with Gasteiger partial charge in [-0.2, -0.15) is 0 Å². The monoisotopic (exact) mass is 468 g/mol. The highest BCUT2D eigenvalue weighted by Crippen LogP contribution is 2.26. The first kappa shape index (κ1) is 21.9. The minimum absolute atomic E-state index is 0.0875. The molecule has 2 aromatic heterocycles. The molecular formula is C27H24N4O2S. The van der Waals surface area contributed by atoms with E-state index in [-0.39, 0.29) is 10.6 Å². The van der Waals surface area contributed by atoms with Gasteiger partial charge in [-0.3, -0.25) is 10.1 Å². The van der Waals surface area contributed by atoms with Crippen LogP contribution in [0.2, 0.25) is 0 Å². The molecule has 0 atom stereocenters. The SMILES string of the molecule is Cc1ccc(N=c2scc(-c3ccc([N+](=O)[O-])cc3)n2CCc2c[nH]c3ccccc23)c(C)c1. The van der Waals surface area contributed by atoms with Crippen LogP contribution in [-0.4, -0.2) is 14.5 Å². The molecule has 0 aliphatic carbocycles. The zero-order valence-corrected chi connectivity index (χ0v) is 19.8. The number of nitro benzene ring substituents is 1. The van der Waals surface area contributed by atoms with E-state index in [0.29, 0.717) is 0 Å². The number of hydrogen-bond donors (Lipinski definition) is 1. The summed E-state index contributed by atoms with van der Waals surface area (Å²) in [6, 6.07) is 21.3. The van der Waals surface area contributed by atoms with E-state index in [2.05, 4.69) is 71.4 Å². The number of aryl methyl sites for hydroxylation is 3. The van der Waals surface area contributed by atoms with Crippen molar-refractivity contribution in [2.24, 2.45) is 4.99 Å². The molecular weight excluding hydrogens is 444 g/mol. The van der Waals surface area contributed by atoms with Crippen molar-refractivity contribution in [3.8, 4) is 11.3 Å². The molecule has 3 aromatic carbocycles. The molecule has 0 unspecified atom stereocenters. The molecule has 0 amide bonds. The van der Waals surface area contributed by atoms with Gasteiger partial charge in [-0.05, 0) is 61.2 Å². The third kappa shape index (κ3) is 4.30. The Kier molecular flexibility index (Phi) is 5.86. The molecule has 0 fully saturated rings. The molecule has 170 valence electrons. The van der Waals surface area contributed by atoms with Gasteiger partial charge in [-0.1, -0.05) is 35.9 Å². The van der Waals surface area contributed by atoms with Crippen LogP contribution in [0.5, 0.6) is 0 Å². The molecule has 34 heavy (non-hydrogen) atoms. The van der Waals surface area contributed by atoms with E-state index in [1.807, 2.05) is 18.2 Å². The van der Waals surface area contributed by atoms with Crippen molar-refractivity contribution in [3.63, 3.8) is 0 Å². The predicted molar refractivity (Wildman–Crippen MR) is 138 cm³/mol. The van der Waals surface area contributed by atoms with Crippen LogP contribution in [-0.2, 0) is 13.0 Å². The summed E-state index contributed by atoms with van der Waals surface area (Å²) >= 11 is 1.58. The van der Waals surface area contributed by atoms with E-state index in [1.165, 1.54) is 16.5 Å². The van der Waals surface area contributed by atoms with Crippen LogP contribution in [0.4, 0.5) is 11.4 Å². The number of benzene rings is 3. The summed E-state index contributed by atoms with van der Waals surface area (Å²) in [6.45, 7) is 4.89. The van der Waals surface area contributed by atoms with Gasteiger partial charge >= 0.3 is 0 Å². The lowest BCUT2D eigenvalue weighted by Crippen LogP contribution is -2.17. The topological polar surface area (TPSA) is 76.2 Å². The molecule has 0 bridgehead atoms. The molecule has 7 heteroatoms. The van der Waals surface area contributed by atoms with Gasteiger partial charge in [-0.25, -0.2) is 4.99 Å². The Morgan fingerprint density at radius 3 is 2.62 bits per heavy atom. The Morgan fingerprint density at radius 1 is 1.06 bits per heavy atom. The van der Waals surface area contributed by atoms with Gasteiger partial charge < -0.3 is 9.55 Å². The lowest BCUT2D eigenvalue weighted by atomic mass is 10.1. The highest BCUT2D eigenvalue weighted by atomic mass is 32.1. The smallest absolute Gasteiger partial charge is 0.269 e. The molecule has 6 nitrogen and oxygen atoms in total. The summed E-state index contributed by atoms with van der Waals surface area (Å²) in [5.41, 5.74) is 7.69. The van der Waals surface area contributed by atoms with E-state index in [9.17, 15) is 10.1 Å². The van der Waals surface area contributed by atoms with E-state index in [4.69, 9.17) is 4.99 Å². The first-order valence-corrected chi connectivity index (χ1v) is 12.0. The molecule has 0 aliphatic rings. The van der Waals surface area contributed by atoms with Crippen LogP contribution in [0.3, 0.4) is 0 Å². The second-order valence-corrected chi connectivity index (χ2v) is 9.21. The molecule has 0 aliphatic heterocycles. The van der Waals surface area contributed by atoms with Gasteiger partial charge in [0.1, 0.15) is 0 Å². The fraction of sp³-hybridized carbons (Fsp3) is 0.148. The molecule has 1 N–H and O–H groups in total. The number of aromatic nitrogens is 2. The van der Waals surface area contributed by atoms with Gasteiger partial charge in [0.15, 0.2) is 4.80 Å². The molecule has 0 radical (unpaired) electrons. The molecule has 2 heterocycles. The second-order valence-electron chi connectivity index (χ2n) is 8.37. The zero-order chi connectivity index (χ0) is 23.7. The Bertz CT molecular complexity index is 1560. The first-order chi connectivity index (χ1) is 16.5. The van der Waals surface area contributed by atoms with Crippen LogP contribution in [0, 0.1) is 24.0 Å². The summed E-state index contributed by atoms with van der Waals surface area (Å²) < 4.78 is 2.22. The maximum absolute atomic E-state index is 11.1. The van der Waals surface area contributed by atoms with Crippen LogP contribution in [0.15, 0.2) is 83.3 Å². The number of para-hydroxylation sites is 1. The maximum Gasteiger partial charge on any atom is 0.269 e. The largest absolute Gasteiger partial charge is 0.361 e. The van der Waals surface area contributed by atoms with Gasteiger partial charge in [0.2, 0.25) is 0 Å². The maximum atomic E-state index is 11.1.